The number of benzene rings is 1. The van der Waals surface area contributed by atoms with E-state index in [0.717, 1.165) is 18.6 Å². The van der Waals surface area contributed by atoms with Gasteiger partial charge in [-0.1, -0.05) is 6.07 Å². The van der Waals surface area contributed by atoms with E-state index in [-0.39, 0.29) is 0 Å². The predicted octanol–water partition coefficient (Wildman–Crippen LogP) is 2.73. The second-order valence-electron chi connectivity index (χ2n) is 6.20. The van der Waals surface area contributed by atoms with Crippen LogP contribution in [-0.4, -0.2) is 45.7 Å². The molecule has 3 rings (SSSR count). The Morgan fingerprint density at radius 2 is 2.29 bits per heavy atom. The van der Waals surface area contributed by atoms with E-state index in [9.17, 15) is 4.21 Å². The molecular weight excluding hydrogens is 280 g/mol. The zero-order chi connectivity index (χ0) is 14.8. The lowest BCUT2D eigenvalue weighted by atomic mass is 10.0. The van der Waals surface area contributed by atoms with Crippen molar-refractivity contribution in [3.05, 3.63) is 35.5 Å². The number of likely N-dealkylation sites (N-methyl/N-ethyl adjacent to an activating group) is 1. The van der Waals surface area contributed by atoms with Gasteiger partial charge < -0.3 is 9.88 Å². The lowest BCUT2D eigenvalue weighted by molar-refractivity contribution is 0.310. The fourth-order valence-corrected chi connectivity index (χ4v) is 3.83. The van der Waals surface area contributed by atoms with Crippen LogP contribution in [0.25, 0.3) is 10.9 Å². The zero-order valence-electron chi connectivity index (χ0n) is 12.9. The minimum absolute atomic E-state index is 0.677. The number of nitrogens with one attached hydrogen (secondary N) is 1. The smallest absolute Gasteiger partial charge is 0.0456 e. The van der Waals surface area contributed by atoms with Gasteiger partial charge in [-0.15, -0.1) is 0 Å². The Morgan fingerprint density at radius 3 is 3.00 bits per heavy atom. The van der Waals surface area contributed by atoms with Gasteiger partial charge in [0.05, 0.1) is 0 Å². The van der Waals surface area contributed by atoms with Crippen LogP contribution in [0.5, 0.6) is 0 Å². The van der Waals surface area contributed by atoms with E-state index >= 15 is 0 Å². The lowest BCUT2D eigenvalue weighted by Gasteiger charge is -2.18. The van der Waals surface area contributed by atoms with Gasteiger partial charge in [0.2, 0.25) is 0 Å². The Morgan fingerprint density at radius 1 is 1.43 bits per heavy atom. The van der Waals surface area contributed by atoms with Crippen molar-refractivity contribution < 1.29 is 4.21 Å². The summed E-state index contributed by atoms with van der Waals surface area (Å²) in [6, 6.07) is 7.27. The maximum atomic E-state index is 11.3. The molecule has 1 fully saturated rings. The summed E-state index contributed by atoms with van der Waals surface area (Å²) in [5, 5.41) is 1.34. The first-order chi connectivity index (χ1) is 10.1. The summed E-state index contributed by atoms with van der Waals surface area (Å²) in [6.45, 7) is 1.22. The molecule has 2 heterocycles. The minimum atomic E-state index is -0.718. The molecule has 3 nitrogen and oxygen atoms in total. The third-order valence-corrected chi connectivity index (χ3v) is 5.42. The first kappa shape index (κ1) is 14.8. The summed E-state index contributed by atoms with van der Waals surface area (Å²) in [4.78, 5) is 5.87. The number of fused-ring (bicyclic) bond motifs is 1. The fourth-order valence-electron chi connectivity index (χ4n) is 3.30. The van der Waals surface area contributed by atoms with E-state index in [0.29, 0.717) is 6.04 Å². The molecule has 1 aromatic heterocycles. The highest BCUT2D eigenvalue weighted by Crippen LogP contribution is 2.25. The highest BCUT2D eigenvalue weighted by molar-refractivity contribution is 7.84. The van der Waals surface area contributed by atoms with Crippen molar-refractivity contribution in [1.82, 2.24) is 9.88 Å². The molecule has 0 radical (unpaired) electrons. The number of H-pyrrole nitrogens is 1. The van der Waals surface area contributed by atoms with Crippen molar-refractivity contribution in [2.75, 3.05) is 25.6 Å². The van der Waals surface area contributed by atoms with Gasteiger partial charge in [-0.2, -0.15) is 0 Å². The highest BCUT2D eigenvalue weighted by Gasteiger charge is 2.22. The van der Waals surface area contributed by atoms with Crippen molar-refractivity contribution in [2.24, 2.45) is 0 Å². The number of nitrogens with zero attached hydrogens (tertiary/aromatic N) is 1. The van der Waals surface area contributed by atoms with E-state index in [1.54, 1.807) is 6.26 Å². The van der Waals surface area contributed by atoms with Gasteiger partial charge in [0.25, 0.3) is 0 Å². The molecule has 2 atom stereocenters. The molecule has 0 bridgehead atoms. The second kappa shape index (κ2) is 6.32. The maximum Gasteiger partial charge on any atom is 0.0456 e. The summed E-state index contributed by atoms with van der Waals surface area (Å²) < 4.78 is 11.3. The third kappa shape index (κ3) is 3.38. The first-order valence-corrected chi connectivity index (χ1v) is 9.45. The van der Waals surface area contributed by atoms with Crippen molar-refractivity contribution in [1.29, 1.82) is 0 Å². The van der Waals surface area contributed by atoms with Crippen LogP contribution in [0.3, 0.4) is 0 Å². The van der Waals surface area contributed by atoms with Gasteiger partial charge in [0.15, 0.2) is 0 Å². The standard InChI is InChI=1S/C17H24N2OS/c1-19-8-3-4-15(19)11-14-12-18-17-6-5-13(10-16(14)17)7-9-21(2)20/h5-6,10,12,15,18H,3-4,7-9,11H2,1-2H3. The van der Waals surface area contributed by atoms with Crippen LogP contribution in [0.1, 0.15) is 24.0 Å². The maximum absolute atomic E-state index is 11.3. The molecule has 1 aromatic carbocycles. The Labute approximate surface area is 129 Å². The normalized spacial score (nSPS) is 21.1. The van der Waals surface area contributed by atoms with Crippen LogP contribution in [0.15, 0.2) is 24.4 Å². The van der Waals surface area contributed by atoms with Crippen LogP contribution >= 0.6 is 0 Å². The Hall–Kier alpha value is -1.13. The summed E-state index contributed by atoms with van der Waals surface area (Å²) in [5.41, 5.74) is 3.92. The third-order valence-electron chi connectivity index (χ3n) is 4.64. The average Bonchev–Trinajstić information content (AvgIpc) is 3.04. The van der Waals surface area contributed by atoms with E-state index in [2.05, 4.69) is 41.3 Å². The van der Waals surface area contributed by atoms with Gasteiger partial charge in [0, 0.05) is 45.9 Å². The summed E-state index contributed by atoms with van der Waals surface area (Å²) in [5.74, 6) is 0.747. The predicted molar refractivity (Wildman–Crippen MR) is 90.3 cm³/mol. The number of aryl methyl sites for hydroxylation is 1. The largest absolute Gasteiger partial charge is 0.361 e. The monoisotopic (exact) mass is 304 g/mol. The number of aromatic amines is 1. The molecule has 1 saturated heterocycles. The summed E-state index contributed by atoms with van der Waals surface area (Å²) in [7, 11) is 1.51. The van der Waals surface area contributed by atoms with E-state index in [1.807, 2.05) is 0 Å². The molecule has 0 aliphatic carbocycles. The minimum Gasteiger partial charge on any atom is -0.361 e. The number of hydrogen-bond donors (Lipinski definition) is 1. The topological polar surface area (TPSA) is 36.1 Å². The molecule has 0 amide bonds. The Kier molecular flexibility index (Phi) is 4.45. The van der Waals surface area contributed by atoms with Gasteiger partial charge >= 0.3 is 0 Å². The molecule has 0 spiro atoms. The number of aromatic nitrogens is 1. The van der Waals surface area contributed by atoms with Crippen molar-refractivity contribution >= 4 is 21.7 Å². The van der Waals surface area contributed by atoms with Crippen molar-refractivity contribution in [2.45, 2.75) is 31.7 Å². The lowest BCUT2D eigenvalue weighted by Crippen LogP contribution is -2.26. The molecular formula is C17H24N2OS. The number of rotatable bonds is 5. The Bertz CT molecular complexity index is 649. The van der Waals surface area contributed by atoms with Crippen molar-refractivity contribution in [3.8, 4) is 0 Å². The van der Waals surface area contributed by atoms with Crippen LogP contribution in [0.4, 0.5) is 0 Å². The SMILES string of the molecule is CN1CCCC1Cc1c[nH]c2ccc(CCS(C)=O)cc12. The van der Waals surface area contributed by atoms with Crippen LogP contribution in [0.2, 0.25) is 0 Å². The average molecular weight is 304 g/mol. The van der Waals surface area contributed by atoms with Crippen LogP contribution in [-0.2, 0) is 23.6 Å². The van der Waals surface area contributed by atoms with E-state index in [4.69, 9.17) is 0 Å². The zero-order valence-corrected chi connectivity index (χ0v) is 13.7. The highest BCUT2D eigenvalue weighted by atomic mass is 32.2. The summed E-state index contributed by atoms with van der Waals surface area (Å²) in [6.07, 6.45) is 8.58. The molecule has 0 saturated carbocycles. The number of hydrogen-bond acceptors (Lipinski definition) is 2. The molecule has 114 valence electrons. The van der Waals surface area contributed by atoms with Crippen LogP contribution < -0.4 is 0 Å². The van der Waals surface area contributed by atoms with Gasteiger partial charge in [-0.05, 0) is 62.5 Å². The number of likely N-dealkylation sites (tertiary alicyclic amines) is 1. The molecule has 2 aromatic rings. The first-order valence-electron chi connectivity index (χ1n) is 7.72. The molecule has 21 heavy (non-hydrogen) atoms. The Balaban J connectivity index is 1.81. The van der Waals surface area contributed by atoms with Gasteiger partial charge in [0.1, 0.15) is 0 Å². The van der Waals surface area contributed by atoms with Gasteiger partial charge in [-0.25, -0.2) is 0 Å². The van der Waals surface area contributed by atoms with Crippen LogP contribution in [0, 0.1) is 0 Å². The second-order valence-corrected chi connectivity index (χ2v) is 7.76. The molecule has 1 N–H and O–H groups in total. The molecule has 2 unspecified atom stereocenters. The van der Waals surface area contributed by atoms with E-state index in [1.165, 1.54) is 41.4 Å². The molecule has 4 heteroatoms. The van der Waals surface area contributed by atoms with E-state index < -0.39 is 10.8 Å². The fraction of sp³-hybridized carbons (Fsp3) is 0.529. The molecule has 1 aliphatic heterocycles. The van der Waals surface area contributed by atoms with Crippen molar-refractivity contribution in [3.63, 3.8) is 0 Å². The summed E-state index contributed by atoms with van der Waals surface area (Å²) >= 11 is 0. The van der Waals surface area contributed by atoms with Gasteiger partial charge in [-0.3, -0.25) is 4.21 Å². The quantitative estimate of drug-likeness (QED) is 0.922. The molecule has 1 aliphatic rings.